The van der Waals surface area contributed by atoms with E-state index in [1.807, 2.05) is 0 Å². The lowest BCUT2D eigenvalue weighted by atomic mass is 9.85. The second kappa shape index (κ2) is 6.22. The van der Waals surface area contributed by atoms with Gasteiger partial charge in [0.25, 0.3) is 0 Å². The van der Waals surface area contributed by atoms with Crippen molar-refractivity contribution in [3.8, 4) is 0 Å². The summed E-state index contributed by atoms with van der Waals surface area (Å²) in [5.74, 6) is -0.280. The minimum Gasteiger partial charge on any atom is -0.450 e. The third-order valence-electron chi connectivity index (χ3n) is 3.67. The third kappa shape index (κ3) is 3.70. The summed E-state index contributed by atoms with van der Waals surface area (Å²) in [5, 5.41) is 10.6. The molecule has 1 aromatic rings. The Morgan fingerprint density at radius 3 is 2.50 bits per heavy atom. The predicted molar refractivity (Wildman–Crippen MR) is 72.9 cm³/mol. The maximum atomic E-state index is 12.9. The van der Waals surface area contributed by atoms with Crippen LogP contribution in [0.5, 0.6) is 0 Å². The highest BCUT2D eigenvalue weighted by molar-refractivity contribution is 5.67. The van der Waals surface area contributed by atoms with Crippen LogP contribution in [-0.2, 0) is 11.2 Å². The van der Waals surface area contributed by atoms with Gasteiger partial charge in [0.1, 0.15) is 5.82 Å². The molecule has 1 aliphatic heterocycles. The highest BCUT2D eigenvalue weighted by atomic mass is 19.1. The predicted octanol–water partition coefficient (Wildman–Crippen LogP) is 2.35. The minimum absolute atomic E-state index is 0.280. The molecule has 4 nitrogen and oxygen atoms in total. The van der Waals surface area contributed by atoms with Crippen molar-refractivity contribution in [2.24, 2.45) is 0 Å². The lowest BCUT2D eigenvalue weighted by Crippen LogP contribution is -2.47. The van der Waals surface area contributed by atoms with E-state index in [-0.39, 0.29) is 11.9 Å². The van der Waals surface area contributed by atoms with E-state index < -0.39 is 5.60 Å². The van der Waals surface area contributed by atoms with Crippen molar-refractivity contribution in [3.63, 3.8) is 0 Å². The van der Waals surface area contributed by atoms with Crippen LogP contribution in [-0.4, -0.2) is 41.4 Å². The zero-order valence-corrected chi connectivity index (χ0v) is 11.6. The summed E-state index contributed by atoms with van der Waals surface area (Å²) >= 11 is 0. The molecule has 0 atom stereocenters. The first-order valence-corrected chi connectivity index (χ1v) is 6.91. The molecule has 1 amide bonds. The molecule has 1 aliphatic rings. The summed E-state index contributed by atoms with van der Waals surface area (Å²) in [6.07, 6.45) is 1.16. The Hall–Kier alpha value is -1.62. The standard InChI is InChI=1S/C15H20FNO3/c1-2-20-14(18)17-9-7-15(19,8-10-17)11-12-3-5-13(16)6-4-12/h3-6,19H,2,7-11H2,1H3. The molecule has 1 saturated heterocycles. The van der Waals surface area contributed by atoms with Gasteiger partial charge in [-0.15, -0.1) is 0 Å². The van der Waals surface area contributed by atoms with Crippen molar-refractivity contribution < 1.29 is 19.0 Å². The Morgan fingerprint density at radius 2 is 1.95 bits per heavy atom. The van der Waals surface area contributed by atoms with Crippen LogP contribution < -0.4 is 0 Å². The average molecular weight is 281 g/mol. The Bertz CT molecular complexity index is 453. The second-order valence-electron chi connectivity index (χ2n) is 5.21. The number of piperidine rings is 1. The number of nitrogens with zero attached hydrogens (tertiary/aromatic N) is 1. The van der Waals surface area contributed by atoms with Gasteiger partial charge in [-0.2, -0.15) is 0 Å². The number of ether oxygens (including phenoxy) is 1. The van der Waals surface area contributed by atoms with Gasteiger partial charge in [0, 0.05) is 19.5 Å². The van der Waals surface area contributed by atoms with E-state index in [1.54, 1.807) is 24.0 Å². The number of halogens is 1. The summed E-state index contributed by atoms with van der Waals surface area (Å²) in [6, 6.07) is 6.16. The molecule has 2 rings (SSSR count). The fourth-order valence-electron chi connectivity index (χ4n) is 2.48. The fourth-order valence-corrected chi connectivity index (χ4v) is 2.48. The number of amides is 1. The summed E-state index contributed by atoms with van der Waals surface area (Å²) in [5.41, 5.74) is 0.0689. The van der Waals surface area contributed by atoms with Crippen LogP contribution in [0.25, 0.3) is 0 Å². The van der Waals surface area contributed by atoms with Crippen molar-refractivity contribution >= 4 is 6.09 Å². The molecule has 0 bridgehead atoms. The van der Waals surface area contributed by atoms with Crippen molar-refractivity contribution in [1.29, 1.82) is 0 Å². The first-order chi connectivity index (χ1) is 9.52. The molecule has 20 heavy (non-hydrogen) atoms. The van der Waals surface area contributed by atoms with Crippen LogP contribution in [0.4, 0.5) is 9.18 Å². The van der Waals surface area contributed by atoms with Gasteiger partial charge in [0.15, 0.2) is 0 Å². The van der Waals surface area contributed by atoms with Crippen LogP contribution in [0.15, 0.2) is 24.3 Å². The number of benzene rings is 1. The van der Waals surface area contributed by atoms with Crippen molar-refractivity contribution in [3.05, 3.63) is 35.6 Å². The van der Waals surface area contributed by atoms with E-state index in [4.69, 9.17) is 4.74 Å². The number of likely N-dealkylation sites (tertiary alicyclic amines) is 1. The largest absolute Gasteiger partial charge is 0.450 e. The Balaban J connectivity index is 1.91. The molecular weight excluding hydrogens is 261 g/mol. The summed E-state index contributed by atoms with van der Waals surface area (Å²) in [4.78, 5) is 13.2. The second-order valence-corrected chi connectivity index (χ2v) is 5.21. The number of rotatable bonds is 3. The Kier molecular flexibility index (Phi) is 4.60. The van der Waals surface area contributed by atoms with Gasteiger partial charge >= 0.3 is 6.09 Å². The van der Waals surface area contributed by atoms with Crippen LogP contribution in [0.3, 0.4) is 0 Å². The van der Waals surface area contributed by atoms with Gasteiger partial charge in [-0.1, -0.05) is 12.1 Å². The summed E-state index contributed by atoms with van der Waals surface area (Å²) in [6.45, 7) is 3.09. The van der Waals surface area contributed by atoms with E-state index in [1.165, 1.54) is 12.1 Å². The van der Waals surface area contributed by atoms with Crippen molar-refractivity contribution in [2.75, 3.05) is 19.7 Å². The van der Waals surface area contributed by atoms with Crippen LogP contribution in [0.2, 0.25) is 0 Å². The van der Waals surface area contributed by atoms with Crippen LogP contribution >= 0.6 is 0 Å². The summed E-state index contributed by atoms with van der Waals surface area (Å²) in [7, 11) is 0. The van der Waals surface area contributed by atoms with E-state index in [0.717, 1.165) is 5.56 Å². The molecule has 0 unspecified atom stereocenters. The smallest absolute Gasteiger partial charge is 0.409 e. The topological polar surface area (TPSA) is 49.8 Å². The number of carbonyl (C=O) groups excluding carboxylic acids is 1. The van der Waals surface area contributed by atoms with Gasteiger partial charge in [-0.25, -0.2) is 9.18 Å². The molecule has 0 spiro atoms. The number of carbonyl (C=O) groups is 1. The zero-order valence-electron chi connectivity index (χ0n) is 11.6. The van der Waals surface area contributed by atoms with Crippen molar-refractivity contribution in [2.45, 2.75) is 31.8 Å². The number of aliphatic hydroxyl groups is 1. The third-order valence-corrected chi connectivity index (χ3v) is 3.67. The maximum absolute atomic E-state index is 12.9. The first-order valence-electron chi connectivity index (χ1n) is 6.91. The number of hydrogen-bond acceptors (Lipinski definition) is 3. The van der Waals surface area contributed by atoms with Gasteiger partial charge < -0.3 is 14.7 Å². The average Bonchev–Trinajstić information content (AvgIpc) is 2.42. The molecule has 1 fully saturated rings. The van der Waals surface area contributed by atoms with Gasteiger partial charge in [0.2, 0.25) is 0 Å². The van der Waals surface area contributed by atoms with Gasteiger partial charge in [0.05, 0.1) is 12.2 Å². The van der Waals surface area contributed by atoms with Gasteiger partial charge in [-0.3, -0.25) is 0 Å². The Labute approximate surface area is 118 Å². The first kappa shape index (κ1) is 14.8. The molecule has 0 aromatic heterocycles. The normalized spacial score (nSPS) is 17.9. The van der Waals surface area contributed by atoms with E-state index >= 15 is 0 Å². The molecule has 5 heteroatoms. The molecular formula is C15H20FNO3. The van der Waals surface area contributed by atoms with E-state index in [2.05, 4.69) is 0 Å². The lowest BCUT2D eigenvalue weighted by molar-refractivity contribution is -0.0194. The minimum atomic E-state index is -0.833. The van der Waals surface area contributed by atoms with E-state index in [9.17, 15) is 14.3 Å². The molecule has 1 heterocycles. The lowest BCUT2D eigenvalue weighted by Gasteiger charge is -2.37. The number of hydrogen-bond donors (Lipinski definition) is 1. The van der Waals surface area contributed by atoms with E-state index in [0.29, 0.717) is 39.0 Å². The highest BCUT2D eigenvalue weighted by Gasteiger charge is 2.34. The molecule has 1 aromatic carbocycles. The molecule has 1 N–H and O–H groups in total. The fraction of sp³-hybridized carbons (Fsp3) is 0.533. The Morgan fingerprint density at radius 1 is 1.35 bits per heavy atom. The quantitative estimate of drug-likeness (QED) is 0.925. The van der Waals surface area contributed by atoms with Crippen molar-refractivity contribution in [1.82, 2.24) is 4.90 Å². The monoisotopic (exact) mass is 281 g/mol. The SMILES string of the molecule is CCOC(=O)N1CCC(O)(Cc2ccc(F)cc2)CC1. The van der Waals surface area contributed by atoms with Gasteiger partial charge in [-0.05, 0) is 37.5 Å². The van der Waals surface area contributed by atoms with Crippen LogP contribution in [0.1, 0.15) is 25.3 Å². The zero-order chi connectivity index (χ0) is 14.6. The molecule has 110 valence electrons. The molecule has 0 aliphatic carbocycles. The molecule has 0 saturated carbocycles. The highest BCUT2D eigenvalue weighted by Crippen LogP contribution is 2.26. The maximum Gasteiger partial charge on any atom is 0.409 e. The molecule has 0 radical (unpaired) electrons. The van der Waals surface area contributed by atoms with Crippen LogP contribution in [0, 0.1) is 5.82 Å². The summed E-state index contributed by atoms with van der Waals surface area (Å²) < 4.78 is 17.8.